The summed E-state index contributed by atoms with van der Waals surface area (Å²) in [5.74, 6) is 0.0274. The van der Waals surface area contributed by atoms with Crippen molar-refractivity contribution in [3.05, 3.63) is 47.4 Å². The van der Waals surface area contributed by atoms with Gasteiger partial charge in [0.15, 0.2) is 5.16 Å². The van der Waals surface area contributed by atoms with Gasteiger partial charge in [0.2, 0.25) is 0 Å². The minimum Gasteiger partial charge on any atom is -0.510 e. The van der Waals surface area contributed by atoms with Crippen molar-refractivity contribution in [1.82, 2.24) is 14.5 Å². The lowest BCUT2D eigenvalue weighted by molar-refractivity contribution is 0.402. The molecule has 1 aromatic carbocycles. The summed E-state index contributed by atoms with van der Waals surface area (Å²) in [6.45, 7) is 1.85. The highest BCUT2D eigenvalue weighted by Gasteiger charge is 2.20. The molecular weight excluding hydrogens is 328 g/mol. The fraction of sp³-hybridized carbons (Fsp3) is 0.188. The quantitative estimate of drug-likeness (QED) is 0.440. The number of hydrogen-bond donors (Lipinski definition) is 1. The Kier molecular flexibility index (Phi) is 4.37. The largest absolute Gasteiger partial charge is 0.510 e. The molecule has 23 heavy (non-hydrogen) atoms. The molecule has 0 aliphatic rings. The lowest BCUT2D eigenvalue weighted by Crippen LogP contribution is -2.05. The first-order valence-electron chi connectivity index (χ1n) is 6.93. The maximum Gasteiger partial charge on any atom is 0.168 e. The second-order valence-electron chi connectivity index (χ2n) is 4.94. The number of aryl methyl sites for hydroxylation is 1. The van der Waals surface area contributed by atoms with Gasteiger partial charge in [-0.3, -0.25) is 0 Å². The average molecular weight is 342 g/mol. The van der Waals surface area contributed by atoms with Crippen LogP contribution in [0.2, 0.25) is 0 Å². The Bertz CT molecular complexity index is 886. The highest BCUT2D eigenvalue weighted by Crippen LogP contribution is 2.32. The second kappa shape index (κ2) is 6.44. The molecule has 0 saturated carbocycles. The van der Waals surface area contributed by atoms with Gasteiger partial charge in [0.1, 0.15) is 22.4 Å². The third kappa shape index (κ3) is 3.09. The van der Waals surface area contributed by atoms with E-state index in [1.807, 2.05) is 49.0 Å². The second-order valence-corrected chi connectivity index (χ2v) is 7.28. The third-order valence-electron chi connectivity index (χ3n) is 3.32. The van der Waals surface area contributed by atoms with E-state index in [0.29, 0.717) is 5.01 Å². The van der Waals surface area contributed by atoms with Crippen molar-refractivity contribution >= 4 is 38.9 Å². The Morgan fingerprint density at radius 1 is 1.43 bits per heavy atom. The zero-order valence-electron chi connectivity index (χ0n) is 12.6. The molecule has 3 aromatic rings. The van der Waals surface area contributed by atoms with E-state index in [1.165, 1.54) is 23.1 Å². The van der Waals surface area contributed by atoms with Gasteiger partial charge in [-0.2, -0.15) is 5.26 Å². The van der Waals surface area contributed by atoms with Crippen molar-refractivity contribution < 1.29 is 5.11 Å². The third-order valence-corrected chi connectivity index (χ3v) is 5.55. The molecule has 0 aliphatic heterocycles. The zero-order valence-corrected chi connectivity index (χ0v) is 14.2. The van der Waals surface area contributed by atoms with Crippen molar-refractivity contribution in [2.45, 2.75) is 17.3 Å². The molecule has 0 fully saturated rings. The van der Waals surface area contributed by atoms with E-state index in [2.05, 4.69) is 16.0 Å². The summed E-state index contributed by atoms with van der Waals surface area (Å²) >= 11 is 2.81. The van der Waals surface area contributed by atoms with Crippen molar-refractivity contribution in [2.75, 3.05) is 0 Å². The number of aromatic nitrogens is 3. The molecule has 0 saturated heterocycles. The van der Waals surface area contributed by atoms with Crippen LogP contribution in [-0.4, -0.2) is 24.9 Å². The SMILES string of the molecule is CC(Sc1nccn1C)/C(O)=C(/C#N)c1nc2ccccc2s1. The van der Waals surface area contributed by atoms with Crippen LogP contribution in [0.4, 0.5) is 0 Å². The van der Waals surface area contributed by atoms with Gasteiger partial charge in [0, 0.05) is 19.4 Å². The molecule has 0 radical (unpaired) electrons. The predicted octanol–water partition coefficient (Wildman–Crippen LogP) is 4.00. The van der Waals surface area contributed by atoms with Crippen molar-refractivity contribution in [1.29, 1.82) is 5.26 Å². The van der Waals surface area contributed by atoms with Crippen molar-refractivity contribution in [2.24, 2.45) is 7.05 Å². The molecular formula is C16H14N4OS2. The summed E-state index contributed by atoms with van der Waals surface area (Å²) in [6, 6.07) is 9.77. The standard InChI is InChI=1S/C16H14N4OS2/c1-10(22-16-18-7-8-20(16)2)14(21)11(9-17)15-19-12-5-3-4-6-13(12)23-15/h3-8,10,21H,1-2H3/b14-11+. The maximum atomic E-state index is 10.5. The van der Waals surface area contributed by atoms with E-state index in [0.717, 1.165) is 15.4 Å². The molecule has 0 bridgehead atoms. The number of thioether (sulfide) groups is 1. The number of rotatable bonds is 4. The summed E-state index contributed by atoms with van der Waals surface area (Å²) < 4.78 is 2.87. The molecule has 1 N–H and O–H groups in total. The average Bonchev–Trinajstić information content (AvgIpc) is 3.14. The number of aliphatic hydroxyl groups excluding tert-OH is 1. The first-order valence-corrected chi connectivity index (χ1v) is 8.63. The van der Waals surface area contributed by atoms with Gasteiger partial charge >= 0.3 is 0 Å². The van der Waals surface area contributed by atoms with Crippen molar-refractivity contribution in [3.63, 3.8) is 0 Å². The van der Waals surface area contributed by atoms with Gasteiger partial charge in [0.25, 0.3) is 0 Å². The zero-order chi connectivity index (χ0) is 16.4. The minimum absolute atomic E-state index is 0.0274. The van der Waals surface area contributed by atoms with E-state index in [-0.39, 0.29) is 16.6 Å². The lowest BCUT2D eigenvalue weighted by Gasteiger charge is -2.11. The molecule has 1 atom stereocenters. The van der Waals surface area contributed by atoms with Gasteiger partial charge in [-0.25, -0.2) is 9.97 Å². The topological polar surface area (TPSA) is 74.7 Å². The van der Waals surface area contributed by atoms with E-state index in [1.54, 1.807) is 6.20 Å². The number of nitriles is 1. The van der Waals surface area contributed by atoms with E-state index in [9.17, 15) is 10.4 Å². The number of para-hydroxylation sites is 1. The van der Waals surface area contributed by atoms with Crippen LogP contribution in [0, 0.1) is 11.3 Å². The molecule has 2 heterocycles. The first kappa shape index (κ1) is 15.6. The van der Waals surface area contributed by atoms with E-state index in [4.69, 9.17) is 0 Å². The molecule has 1 unspecified atom stereocenters. The van der Waals surface area contributed by atoms with E-state index < -0.39 is 0 Å². The summed E-state index contributed by atoms with van der Waals surface area (Å²) in [6.07, 6.45) is 3.54. The Balaban J connectivity index is 1.95. The smallest absolute Gasteiger partial charge is 0.168 e. The van der Waals surface area contributed by atoms with Crippen LogP contribution in [0.15, 0.2) is 47.6 Å². The highest BCUT2D eigenvalue weighted by atomic mass is 32.2. The van der Waals surface area contributed by atoms with Crippen LogP contribution in [0.5, 0.6) is 0 Å². The molecule has 5 nitrogen and oxygen atoms in total. The molecule has 0 amide bonds. The molecule has 3 rings (SSSR count). The van der Waals surface area contributed by atoms with Gasteiger partial charge in [-0.1, -0.05) is 23.9 Å². The monoisotopic (exact) mass is 342 g/mol. The van der Waals surface area contributed by atoms with Crippen LogP contribution in [0.25, 0.3) is 15.8 Å². The highest BCUT2D eigenvalue weighted by molar-refractivity contribution is 7.99. The van der Waals surface area contributed by atoms with E-state index >= 15 is 0 Å². The number of hydrogen-bond acceptors (Lipinski definition) is 6. The number of nitrogens with zero attached hydrogens (tertiary/aromatic N) is 4. The van der Waals surface area contributed by atoms with Crippen LogP contribution in [0.3, 0.4) is 0 Å². The number of benzene rings is 1. The van der Waals surface area contributed by atoms with Crippen molar-refractivity contribution in [3.8, 4) is 6.07 Å². The Hall–Kier alpha value is -2.30. The Labute approximate surface area is 141 Å². The number of imidazole rings is 1. The Morgan fingerprint density at radius 3 is 2.87 bits per heavy atom. The van der Waals surface area contributed by atoms with Gasteiger partial charge in [0.05, 0.1) is 15.5 Å². The van der Waals surface area contributed by atoms with Crippen LogP contribution < -0.4 is 0 Å². The summed E-state index contributed by atoms with van der Waals surface area (Å²) in [5, 5.41) is 21.0. The first-order chi connectivity index (χ1) is 11.1. The van der Waals surface area contributed by atoms with Crippen LogP contribution in [0.1, 0.15) is 11.9 Å². The van der Waals surface area contributed by atoms with Gasteiger partial charge in [-0.05, 0) is 19.1 Å². The van der Waals surface area contributed by atoms with Gasteiger partial charge < -0.3 is 9.67 Å². The fourth-order valence-electron chi connectivity index (χ4n) is 2.08. The lowest BCUT2D eigenvalue weighted by atomic mass is 10.2. The summed E-state index contributed by atoms with van der Waals surface area (Å²) in [4.78, 5) is 8.68. The minimum atomic E-state index is -0.294. The molecule has 2 aromatic heterocycles. The maximum absolute atomic E-state index is 10.5. The summed E-state index contributed by atoms with van der Waals surface area (Å²) in [7, 11) is 1.89. The normalized spacial score (nSPS) is 13.6. The fourth-order valence-corrected chi connectivity index (χ4v) is 3.94. The number of aliphatic hydroxyl groups is 1. The molecule has 116 valence electrons. The number of thiazole rings is 1. The molecule has 7 heteroatoms. The number of fused-ring (bicyclic) bond motifs is 1. The predicted molar refractivity (Wildman–Crippen MR) is 93.3 cm³/mol. The van der Waals surface area contributed by atoms with Crippen LogP contribution in [-0.2, 0) is 7.05 Å². The van der Waals surface area contributed by atoms with Gasteiger partial charge in [-0.15, -0.1) is 11.3 Å². The molecule has 0 aliphatic carbocycles. The Morgan fingerprint density at radius 2 is 2.22 bits per heavy atom. The summed E-state index contributed by atoms with van der Waals surface area (Å²) in [5.41, 5.74) is 1.05. The van der Waals surface area contributed by atoms with Crippen LogP contribution >= 0.6 is 23.1 Å². The number of allylic oxidation sites excluding steroid dienone is 1. The molecule has 0 spiro atoms.